The molecule has 3 heteroatoms. The largest absolute Gasteiger partial charge is 0.496 e. The topological polar surface area (TPSA) is 21.3 Å². The maximum Gasteiger partial charge on any atom is 0.121 e. The van der Waals surface area contributed by atoms with Crippen LogP contribution in [0.5, 0.6) is 5.75 Å². The Kier molecular flexibility index (Phi) is 3.17. The van der Waals surface area contributed by atoms with E-state index in [0.29, 0.717) is 5.37 Å². The van der Waals surface area contributed by atoms with Crippen LogP contribution in [-0.2, 0) is 0 Å². The lowest BCUT2D eigenvalue weighted by molar-refractivity contribution is 0.411. The molecule has 1 unspecified atom stereocenters. The Morgan fingerprint density at radius 2 is 2.19 bits per heavy atom. The number of hydrogen-bond donors (Lipinski definition) is 1. The minimum absolute atomic E-state index is 0.239. The van der Waals surface area contributed by atoms with Crippen LogP contribution in [0, 0.1) is 6.92 Å². The fourth-order valence-corrected chi connectivity index (χ4v) is 3.38. The number of aryl methyl sites for hydroxylation is 1. The third kappa shape index (κ3) is 2.36. The number of ether oxygens (including phenoxy) is 1. The van der Waals surface area contributed by atoms with Gasteiger partial charge in [0.05, 0.1) is 12.5 Å². The van der Waals surface area contributed by atoms with Crippen molar-refractivity contribution in [2.45, 2.75) is 31.7 Å². The van der Waals surface area contributed by atoms with Crippen molar-refractivity contribution in [1.29, 1.82) is 0 Å². The van der Waals surface area contributed by atoms with Crippen LogP contribution in [0.15, 0.2) is 18.2 Å². The molecule has 0 saturated carbocycles. The van der Waals surface area contributed by atoms with Gasteiger partial charge in [-0.1, -0.05) is 6.07 Å². The van der Waals surface area contributed by atoms with E-state index >= 15 is 0 Å². The average Bonchev–Trinajstić information content (AvgIpc) is 2.59. The number of rotatable bonds is 2. The fraction of sp³-hybridized carbons (Fsp3) is 0.538. The van der Waals surface area contributed by atoms with Crippen LogP contribution >= 0.6 is 11.8 Å². The van der Waals surface area contributed by atoms with Gasteiger partial charge in [-0.05, 0) is 44.0 Å². The first-order valence-electron chi connectivity index (χ1n) is 5.56. The zero-order valence-electron chi connectivity index (χ0n) is 10.3. The first-order valence-corrected chi connectivity index (χ1v) is 6.60. The number of benzene rings is 1. The van der Waals surface area contributed by atoms with Crippen LogP contribution < -0.4 is 10.1 Å². The van der Waals surface area contributed by atoms with Gasteiger partial charge in [-0.15, -0.1) is 11.8 Å². The molecule has 2 rings (SSSR count). The highest BCUT2D eigenvalue weighted by atomic mass is 32.2. The molecule has 1 aliphatic rings. The van der Waals surface area contributed by atoms with Crippen molar-refractivity contribution >= 4 is 11.8 Å². The smallest absolute Gasteiger partial charge is 0.121 e. The van der Waals surface area contributed by atoms with Gasteiger partial charge in [0.15, 0.2) is 0 Å². The van der Waals surface area contributed by atoms with Gasteiger partial charge in [-0.2, -0.15) is 0 Å². The van der Waals surface area contributed by atoms with E-state index in [2.05, 4.69) is 44.3 Å². The average molecular weight is 237 g/mol. The maximum atomic E-state index is 5.28. The molecule has 2 nitrogen and oxygen atoms in total. The predicted molar refractivity (Wildman–Crippen MR) is 70.1 cm³/mol. The van der Waals surface area contributed by atoms with E-state index in [0.717, 1.165) is 11.5 Å². The van der Waals surface area contributed by atoms with Crippen molar-refractivity contribution in [3.05, 3.63) is 29.3 Å². The summed E-state index contributed by atoms with van der Waals surface area (Å²) in [6.07, 6.45) is 0. The van der Waals surface area contributed by atoms with E-state index in [9.17, 15) is 0 Å². The number of nitrogens with one attached hydrogen (secondary N) is 1. The molecule has 1 N–H and O–H groups in total. The molecule has 0 amide bonds. The summed E-state index contributed by atoms with van der Waals surface area (Å²) in [7, 11) is 1.72. The van der Waals surface area contributed by atoms with E-state index in [1.54, 1.807) is 7.11 Å². The Balaban J connectivity index is 2.20. The van der Waals surface area contributed by atoms with Gasteiger partial charge < -0.3 is 4.74 Å². The fourth-order valence-electron chi connectivity index (χ4n) is 1.97. The number of thioether (sulfide) groups is 1. The summed E-state index contributed by atoms with van der Waals surface area (Å²) in [6.45, 7) is 6.58. The van der Waals surface area contributed by atoms with Crippen LogP contribution in [0.1, 0.15) is 30.3 Å². The molecule has 0 spiro atoms. The van der Waals surface area contributed by atoms with Gasteiger partial charge in [0, 0.05) is 11.3 Å². The van der Waals surface area contributed by atoms with Crippen molar-refractivity contribution in [2.24, 2.45) is 0 Å². The summed E-state index contributed by atoms with van der Waals surface area (Å²) in [5, 5.41) is 4.05. The highest BCUT2D eigenvalue weighted by Crippen LogP contribution is 2.38. The molecule has 0 aliphatic carbocycles. The first-order chi connectivity index (χ1) is 7.52. The second-order valence-electron chi connectivity index (χ2n) is 4.95. The monoisotopic (exact) mass is 237 g/mol. The molecule has 1 aliphatic heterocycles. The third-order valence-electron chi connectivity index (χ3n) is 2.85. The maximum absolute atomic E-state index is 5.28. The number of methoxy groups -OCH3 is 1. The van der Waals surface area contributed by atoms with E-state index in [1.165, 1.54) is 11.1 Å². The molecule has 1 atom stereocenters. The third-order valence-corrected chi connectivity index (χ3v) is 4.47. The van der Waals surface area contributed by atoms with E-state index in [4.69, 9.17) is 4.74 Å². The Labute approximate surface area is 102 Å². The Hall–Kier alpha value is -0.670. The summed E-state index contributed by atoms with van der Waals surface area (Å²) in [4.78, 5) is 0. The van der Waals surface area contributed by atoms with Gasteiger partial charge in [0.25, 0.3) is 0 Å². The predicted octanol–water partition coefficient (Wildman–Crippen LogP) is 3.12. The molecule has 0 bridgehead atoms. The van der Waals surface area contributed by atoms with Crippen LogP contribution in [0.25, 0.3) is 0 Å². The Morgan fingerprint density at radius 3 is 2.69 bits per heavy atom. The van der Waals surface area contributed by atoms with Gasteiger partial charge in [0.2, 0.25) is 0 Å². The second kappa shape index (κ2) is 4.30. The summed E-state index contributed by atoms with van der Waals surface area (Å²) in [6, 6.07) is 6.42. The van der Waals surface area contributed by atoms with Gasteiger partial charge in [-0.25, -0.2) is 0 Å². The lowest BCUT2D eigenvalue weighted by Gasteiger charge is -2.19. The SMILES string of the molecule is COc1ccc(C2NC(C)(C)CS2)cc1C. The molecule has 1 heterocycles. The highest BCUT2D eigenvalue weighted by molar-refractivity contribution is 7.99. The molecular formula is C13H19NOS. The second-order valence-corrected chi connectivity index (χ2v) is 6.04. The summed E-state index contributed by atoms with van der Waals surface area (Å²) in [5.74, 6) is 2.12. The first kappa shape index (κ1) is 11.8. The number of hydrogen-bond acceptors (Lipinski definition) is 3. The Morgan fingerprint density at radius 1 is 1.44 bits per heavy atom. The lowest BCUT2D eigenvalue weighted by atomic mass is 10.1. The molecule has 0 aromatic heterocycles. The van der Waals surface area contributed by atoms with Crippen LogP contribution in [0.3, 0.4) is 0 Å². The minimum atomic E-state index is 0.239. The summed E-state index contributed by atoms with van der Waals surface area (Å²) < 4.78 is 5.28. The molecule has 16 heavy (non-hydrogen) atoms. The van der Waals surface area contributed by atoms with Gasteiger partial charge in [-0.3, -0.25) is 5.32 Å². The van der Waals surface area contributed by atoms with Crippen LogP contribution in [0.2, 0.25) is 0 Å². The quantitative estimate of drug-likeness (QED) is 0.854. The van der Waals surface area contributed by atoms with Crippen molar-refractivity contribution in [2.75, 3.05) is 12.9 Å². The van der Waals surface area contributed by atoms with Gasteiger partial charge in [0.1, 0.15) is 5.75 Å². The minimum Gasteiger partial charge on any atom is -0.496 e. The standard InChI is InChI=1S/C13H19NOS/c1-9-7-10(5-6-11(9)15-4)12-14-13(2,3)8-16-12/h5-7,12,14H,8H2,1-4H3. The summed E-state index contributed by atoms with van der Waals surface area (Å²) >= 11 is 1.97. The lowest BCUT2D eigenvalue weighted by Crippen LogP contribution is -2.35. The molecule has 1 fully saturated rings. The van der Waals surface area contributed by atoms with Crippen molar-refractivity contribution in [3.63, 3.8) is 0 Å². The zero-order chi connectivity index (χ0) is 11.8. The Bertz CT molecular complexity index is 390. The zero-order valence-corrected chi connectivity index (χ0v) is 11.1. The molecule has 0 radical (unpaired) electrons. The highest BCUT2D eigenvalue weighted by Gasteiger charge is 2.31. The molecule has 88 valence electrons. The van der Waals surface area contributed by atoms with E-state index in [-0.39, 0.29) is 5.54 Å². The molecule has 1 aromatic rings. The van der Waals surface area contributed by atoms with Crippen LogP contribution in [-0.4, -0.2) is 18.4 Å². The van der Waals surface area contributed by atoms with Gasteiger partial charge >= 0.3 is 0 Å². The summed E-state index contributed by atoms with van der Waals surface area (Å²) in [5.41, 5.74) is 2.78. The van der Waals surface area contributed by atoms with E-state index in [1.807, 2.05) is 11.8 Å². The normalized spacial score (nSPS) is 23.4. The van der Waals surface area contributed by atoms with E-state index < -0.39 is 0 Å². The molecule has 1 aromatic carbocycles. The van der Waals surface area contributed by atoms with Crippen LogP contribution in [0.4, 0.5) is 0 Å². The molecular weight excluding hydrogens is 218 g/mol. The van der Waals surface area contributed by atoms with Crippen molar-refractivity contribution in [3.8, 4) is 5.75 Å². The van der Waals surface area contributed by atoms with Crippen molar-refractivity contribution in [1.82, 2.24) is 5.32 Å². The van der Waals surface area contributed by atoms with Crippen molar-refractivity contribution < 1.29 is 4.74 Å². The molecule has 1 saturated heterocycles.